The molecule has 1 atom stereocenters. The third-order valence-electron chi connectivity index (χ3n) is 5.58. The summed E-state index contributed by atoms with van der Waals surface area (Å²) in [5.41, 5.74) is 1.13. The van der Waals surface area contributed by atoms with Crippen LogP contribution in [0.25, 0.3) is 0 Å². The van der Waals surface area contributed by atoms with Crippen molar-refractivity contribution in [2.45, 2.75) is 25.8 Å². The van der Waals surface area contributed by atoms with Crippen molar-refractivity contribution in [2.75, 3.05) is 78.1 Å². The van der Waals surface area contributed by atoms with Gasteiger partial charge in [-0.25, -0.2) is 0 Å². The lowest BCUT2D eigenvalue weighted by atomic mass is 10.2. The first-order valence-electron chi connectivity index (χ1n) is 11.0. The molecule has 0 aromatic heterocycles. The minimum Gasteiger partial charge on any atom is -0.497 e. The van der Waals surface area contributed by atoms with Crippen LogP contribution in [0, 0.1) is 0 Å². The average molecular weight is 420 g/mol. The molecular weight excluding hydrogens is 382 g/mol. The first-order valence-corrected chi connectivity index (χ1v) is 11.0. The number of morpholine rings is 1. The molecule has 0 saturated carbocycles. The predicted octanol–water partition coefficient (Wildman–Crippen LogP) is 1.56. The molecule has 8 heteroatoms. The van der Waals surface area contributed by atoms with Crippen molar-refractivity contribution >= 4 is 11.6 Å². The quantitative estimate of drug-likeness (QED) is 0.358. The average Bonchev–Trinajstić information content (AvgIpc) is 3.25. The van der Waals surface area contributed by atoms with E-state index in [0.29, 0.717) is 6.04 Å². The number of hydrogen-bond donors (Lipinski definition) is 2. The number of nitrogens with one attached hydrogen (secondary N) is 2. The molecule has 1 unspecified atom stereocenters. The van der Waals surface area contributed by atoms with Crippen LogP contribution in [0.2, 0.25) is 0 Å². The molecule has 3 rings (SSSR count). The van der Waals surface area contributed by atoms with Crippen LogP contribution in [0.4, 0.5) is 5.69 Å². The van der Waals surface area contributed by atoms with Gasteiger partial charge in [0.2, 0.25) is 0 Å². The minimum absolute atomic E-state index is 0.360. The maximum Gasteiger partial charge on any atom is 0.191 e. The molecule has 2 aliphatic heterocycles. The summed E-state index contributed by atoms with van der Waals surface area (Å²) in [7, 11) is 3.37. The molecular formula is C22H37N5O3. The Hall–Kier alpha value is -2.19. The first kappa shape index (κ1) is 22.5. The molecule has 0 bridgehead atoms. The first-order chi connectivity index (χ1) is 14.7. The lowest BCUT2D eigenvalue weighted by Crippen LogP contribution is -2.44. The second kappa shape index (κ2) is 11.9. The standard InChI is InChI=1S/C22H37N5O3/c1-4-23-22(24-7-5-8-26-10-12-30-13-11-26)25-18-6-9-27(17-18)19-14-20(28-2)16-21(15-19)29-3/h14-16,18H,4-13,17H2,1-3H3,(H2,23,24,25). The molecule has 2 saturated heterocycles. The van der Waals surface area contributed by atoms with Crippen molar-refractivity contribution in [3.05, 3.63) is 18.2 Å². The Labute approximate surface area is 180 Å². The molecule has 0 radical (unpaired) electrons. The van der Waals surface area contributed by atoms with Crippen molar-refractivity contribution in [3.63, 3.8) is 0 Å². The molecule has 2 heterocycles. The second-order valence-electron chi connectivity index (χ2n) is 7.72. The largest absolute Gasteiger partial charge is 0.497 e. The van der Waals surface area contributed by atoms with E-state index in [4.69, 9.17) is 19.2 Å². The molecule has 168 valence electrons. The lowest BCUT2D eigenvalue weighted by molar-refractivity contribution is 0.0377. The van der Waals surface area contributed by atoms with Gasteiger partial charge in [-0.15, -0.1) is 0 Å². The summed E-state index contributed by atoms with van der Waals surface area (Å²) in [5.74, 6) is 2.54. The molecule has 1 aromatic carbocycles. The maximum atomic E-state index is 5.42. The van der Waals surface area contributed by atoms with Crippen LogP contribution in [-0.4, -0.2) is 90.1 Å². The van der Waals surface area contributed by atoms with Crippen LogP contribution in [0.1, 0.15) is 19.8 Å². The normalized spacial score (nSPS) is 20.3. The fourth-order valence-electron chi connectivity index (χ4n) is 3.91. The van der Waals surface area contributed by atoms with Gasteiger partial charge >= 0.3 is 0 Å². The molecule has 8 nitrogen and oxygen atoms in total. The van der Waals surface area contributed by atoms with Crippen molar-refractivity contribution in [1.29, 1.82) is 0 Å². The fourth-order valence-corrected chi connectivity index (χ4v) is 3.91. The number of aliphatic imine (C=N–C) groups is 1. The van der Waals surface area contributed by atoms with Gasteiger partial charge in [0.1, 0.15) is 11.5 Å². The molecule has 0 aliphatic carbocycles. The number of benzene rings is 1. The van der Waals surface area contributed by atoms with Gasteiger partial charge in [0.05, 0.1) is 27.4 Å². The number of rotatable bonds is 9. The zero-order valence-corrected chi connectivity index (χ0v) is 18.7. The third kappa shape index (κ3) is 6.67. The van der Waals surface area contributed by atoms with E-state index in [1.54, 1.807) is 14.2 Å². The number of ether oxygens (including phenoxy) is 3. The van der Waals surface area contributed by atoms with Crippen LogP contribution in [0.5, 0.6) is 11.5 Å². The van der Waals surface area contributed by atoms with Crippen molar-refractivity contribution in [1.82, 2.24) is 15.5 Å². The highest BCUT2D eigenvalue weighted by Gasteiger charge is 2.24. The molecule has 2 N–H and O–H groups in total. The molecule has 2 aliphatic rings. The molecule has 0 amide bonds. The van der Waals surface area contributed by atoms with E-state index in [9.17, 15) is 0 Å². The zero-order valence-electron chi connectivity index (χ0n) is 18.7. The Bertz CT molecular complexity index is 656. The van der Waals surface area contributed by atoms with Gasteiger partial charge in [-0.1, -0.05) is 0 Å². The van der Waals surface area contributed by atoms with Gasteiger partial charge in [0.25, 0.3) is 0 Å². The van der Waals surface area contributed by atoms with Crippen LogP contribution < -0.4 is 25.0 Å². The fraction of sp³-hybridized carbons (Fsp3) is 0.682. The van der Waals surface area contributed by atoms with Crippen molar-refractivity contribution < 1.29 is 14.2 Å². The van der Waals surface area contributed by atoms with Crippen LogP contribution >= 0.6 is 0 Å². The maximum absolute atomic E-state index is 5.42. The number of anilines is 1. The van der Waals surface area contributed by atoms with Crippen molar-refractivity contribution in [2.24, 2.45) is 4.99 Å². The monoisotopic (exact) mass is 419 g/mol. The Morgan fingerprint density at radius 2 is 1.87 bits per heavy atom. The Kier molecular flexibility index (Phi) is 8.89. The van der Waals surface area contributed by atoms with E-state index in [2.05, 4.69) is 39.5 Å². The van der Waals surface area contributed by atoms with Gasteiger partial charge in [0.15, 0.2) is 5.96 Å². The number of hydrogen-bond acceptors (Lipinski definition) is 6. The summed E-state index contributed by atoms with van der Waals surface area (Å²) in [4.78, 5) is 9.61. The van der Waals surface area contributed by atoms with Gasteiger partial charge in [-0.2, -0.15) is 0 Å². The Balaban J connectivity index is 1.50. The smallest absolute Gasteiger partial charge is 0.191 e. The minimum atomic E-state index is 0.360. The number of guanidine groups is 1. The number of methoxy groups -OCH3 is 2. The topological polar surface area (TPSA) is 70.6 Å². The van der Waals surface area contributed by atoms with Crippen LogP contribution in [0.15, 0.2) is 23.2 Å². The van der Waals surface area contributed by atoms with E-state index in [1.807, 2.05) is 6.07 Å². The third-order valence-corrected chi connectivity index (χ3v) is 5.58. The van der Waals surface area contributed by atoms with Crippen LogP contribution in [-0.2, 0) is 4.74 Å². The highest BCUT2D eigenvalue weighted by atomic mass is 16.5. The zero-order chi connectivity index (χ0) is 21.2. The van der Waals surface area contributed by atoms with E-state index in [-0.39, 0.29) is 0 Å². The van der Waals surface area contributed by atoms with E-state index in [0.717, 1.165) is 95.0 Å². The molecule has 1 aromatic rings. The summed E-state index contributed by atoms with van der Waals surface area (Å²) in [6, 6.07) is 6.40. The highest BCUT2D eigenvalue weighted by molar-refractivity contribution is 5.80. The number of nitrogens with zero attached hydrogens (tertiary/aromatic N) is 3. The summed E-state index contributed by atoms with van der Waals surface area (Å²) in [6.07, 6.45) is 2.13. The predicted molar refractivity (Wildman–Crippen MR) is 121 cm³/mol. The molecule has 30 heavy (non-hydrogen) atoms. The van der Waals surface area contributed by atoms with E-state index in [1.165, 1.54) is 0 Å². The van der Waals surface area contributed by atoms with Gasteiger partial charge in [0, 0.05) is 75.7 Å². The molecule has 2 fully saturated rings. The van der Waals surface area contributed by atoms with E-state index < -0.39 is 0 Å². The van der Waals surface area contributed by atoms with Gasteiger partial charge in [-0.3, -0.25) is 9.89 Å². The van der Waals surface area contributed by atoms with Crippen LogP contribution in [0.3, 0.4) is 0 Å². The second-order valence-corrected chi connectivity index (χ2v) is 7.72. The SMILES string of the molecule is CCNC(=NCCCN1CCOCC1)NC1CCN(c2cc(OC)cc(OC)c2)C1. The van der Waals surface area contributed by atoms with Crippen molar-refractivity contribution in [3.8, 4) is 11.5 Å². The lowest BCUT2D eigenvalue weighted by Gasteiger charge is -2.26. The van der Waals surface area contributed by atoms with E-state index >= 15 is 0 Å². The summed E-state index contributed by atoms with van der Waals surface area (Å²) in [5, 5.41) is 7.00. The molecule has 0 spiro atoms. The highest BCUT2D eigenvalue weighted by Crippen LogP contribution is 2.30. The van der Waals surface area contributed by atoms with Gasteiger partial charge < -0.3 is 29.7 Å². The summed E-state index contributed by atoms with van der Waals surface area (Å²) < 4.78 is 16.2. The Morgan fingerprint density at radius 1 is 1.13 bits per heavy atom. The van der Waals surface area contributed by atoms with Gasteiger partial charge in [-0.05, 0) is 19.8 Å². The summed E-state index contributed by atoms with van der Waals surface area (Å²) in [6.45, 7) is 10.6. The summed E-state index contributed by atoms with van der Waals surface area (Å²) >= 11 is 0. The Morgan fingerprint density at radius 3 is 2.53 bits per heavy atom.